The lowest BCUT2D eigenvalue weighted by molar-refractivity contribution is -0.134. The van der Waals surface area contributed by atoms with Crippen LogP contribution in [-0.4, -0.2) is 35.6 Å². The van der Waals surface area contributed by atoms with Gasteiger partial charge >= 0.3 is 6.18 Å². The first-order valence-electron chi connectivity index (χ1n) is 8.11. The summed E-state index contributed by atoms with van der Waals surface area (Å²) in [5.41, 5.74) is 0.928. The third-order valence-electron chi connectivity index (χ3n) is 4.15. The predicted molar refractivity (Wildman–Crippen MR) is 104 cm³/mol. The summed E-state index contributed by atoms with van der Waals surface area (Å²) in [7, 11) is 1.41. The molecule has 4 nitrogen and oxygen atoms in total. The van der Waals surface area contributed by atoms with E-state index in [9.17, 15) is 18.0 Å². The van der Waals surface area contributed by atoms with Gasteiger partial charge in [-0.15, -0.1) is 11.3 Å². The first-order chi connectivity index (χ1) is 12.8. The Balaban J connectivity index is 2.08. The van der Waals surface area contributed by atoms with E-state index < -0.39 is 11.1 Å². The van der Waals surface area contributed by atoms with Gasteiger partial charge in [-0.25, -0.2) is 5.01 Å². The molecule has 0 N–H and O–H groups in total. The topological polar surface area (TPSA) is 41.9 Å². The van der Waals surface area contributed by atoms with Crippen molar-refractivity contribution in [1.29, 1.82) is 0 Å². The molecule has 0 unspecified atom stereocenters. The second-order valence-electron chi connectivity index (χ2n) is 5.92. The smallest absolute Gasteiger partial charge is 0.425 e. The minimum absolute atomic E-state index is 0.181. The quantitative estimate of drug-likeness (QED) is 0.337. The molecule has 3 rings (SSSR count). The molecule has 0 bridgehead atoms. The van der Waals surface area contributed by atoms with E-state index in [4.69, 9.17) is 4.74 Å². The van der Waals surface area contributed by atoms with Crippen LogP contribution in [0.1, 0.15) is 23.3 Å². The molecule has 0 saturated heterocycles. The van der Waals surface area contributed by atoms with Crippen molar-refractivity contribution in [2.24, 2.45) is 5.10 Å². The van der Waals surface area contributed by atoms with E-state index in [-0.39, 0.29) is 11.5 Å². The lowest BCUT2D eigenvalue weighted by atomic mass is 10.00. The van der Waals surface area contributed by atoms with Gasteiger partial charge in [-0.2, -0.15) is 18.3 Å². The third kappa shape index (κ3) is 3.75. The number of thiophene rings is 1. The van der Waals surface area contributed by atoms with Crippen LogP contribution in [0.3, 0.4) is 0 Å². The van der Waals surface area contributed by atoms with Crippen molar-refractivity contribution in [1.82, 2.24) is 5.01 Å². The minimum Gasteiger partial charge on any atom is -0.495 e. The Morgan fingerprint density at radius 1 is 1.33 bits per heavy atom. The van der Waals surface area contributed by atoms with E-state index in [0.29, 0.717) is 45.0 Å². The molecule has 0 spiro atoms. The highest BCUT2D eigenvalue weighted by molar-refractivity contribution is 9.09. The number of rotatable bonds is 6. The van der Waals surface area contributed by atoms with Crippen molar-refractivity contribution in [2.45, 2.75) is 19.0 Å². The molecule has 2 heterocycles. The fraction of sp³-hybridized carbons (Fsp3) is 0.333. The molecule has 2 aromatic rings. The zero-order chi connectivity index (χ0) is 19.8. The Kier molecular flexibility index (Phi) is 5.62. The van der Waals surface area contributed by atoms with Crippen molar-refractivity contribution in [2.75, 3.05) is 19.0 Å². The molecule has 0 aliphatic carbocycles. The van der Waals surface area contributed by atoms with Crippen LogP contribution >= 0.6 is 27.3 Å². The zero-order valence-corrected chi connectivity index (χ0v) is 16.8. The first-order valence-corrected chi connectivity index (χ1v) is 10.1. The maximum absolute atomic E-state index is 13.2. The number of benzene rings is 1. The summed E-state index contributed by atoms with van der Waals surface area (Å²) >= 11 is 3.94. The average Bonchev–Trinajstić information content (AvgIpc) is 3.19. The van der Waals surface area contributed by atoms with Gasteiger partial charge in [-0.3, -0.25) is 4.79 Å². The highest BCUT2D eigenvalue weighted by Crippen LogP contribution is 2.43. The number of ether oxygens (including phenoxy) is 1. The van der Waals surface area contributed by atoms with Gasteiger partial charge in [-0.05, 0) is 31.0 Å². The fourth-order valence-electron chi connectivity index (χ4n) is 2.81. The van der Waals surface area contributed by atoms with Gasteiger partial charge in [0.2, 0.25) is 0 Å². The number of fused-ring (bicyclic) bond motifs is 1. The zero-order valence-electron chi connectivity index (χ0n) is 14.4. The fourth-order valence-corrected chi connectivity index (χ4v) is 4.25. The summed E-state index contributed by atoms with van der Waals surface area (Å²) in [6.07, 6.45) is -2.82. The van der Waals surface area contributed by atoms with E-state index in [1.54, 1.807) is 12.1 Å². The molecule has 1 aromatic heterocycles. The molecule has 1 aliphatic heterocycles. The number of amides is 1. The Hall–Kier alpha value is -1.87. The van der Waals surface area contributed by atoms with E-state index >= 15 is 0 Å². The molecule has 144 valence electrons. The van der Waals surface area contributed by atoms with E-state index in [0.717, 1.165) is 24.2 Å². The van der Waals surface area contributed by atoms with Crippen molar-refractivity contribution < 1.29 is 22.7 Å². The number of methoxy groups -OCH3 is 1. The first kappa shape index (κ1) is 19.9. The van der Waals surface area contributed by atoms with Crippen molar-refractivity contribution in [3.8, 4) is 5.75 Å². The Morgan fingerprint density at radius 2 is 2.07 bits per heavy atom. The number of alkyl halides is 4. The molecule has 1 aromatic carbocycles. The number of halogens is 4. The van der Waals surface area contributed by atoms with Gasteiger partial charge in [0, 0.05) is 22.8 Å². The normalized spacial score (nSPS) is 15.0. The predicted octanol–water partition coefficient (Wildman–Crippen LogP) is 5.21. The lowest BCUT2D eigenvalue weighted by Gasteiger charge is -2.10. The summed E-state index contributed by atoms with van der Waals surface area (Å²) in [6.45, 7) is 4.23. The molecule has 0 saturated carbocycles. The van der Waals surface area contributed by atoms with Crippen LogP contribution in [0.4, 0.5) is 13.2 Å². The van der Waals surface area contributed by atoms with Gasteiger partial charge < -0.3 is 4.74 Å². The summed E-state index contributed by atoms with van der Waals surface area (Å²) in [5.74, 6) is 0.0220. The monoisotopic (exact) mass is 460 g/mol. The van der Waals surface area contributed by atoms with Gasteiger partial charge in [0.05, 0.1) is 17.4 Å². The maximum atomic E-state index is 13.2. The van der Waals surface area contributed by atoms with Gasteiger partial charge in [0.25, 0.3) is 5.91 Å². The molecule has 1 aliphatic rings. The summed E-state index contributed by atoms with van der Waals surface area (Å²) < 4.78 is 45.2. The molecule has 9 heteroatoms. The summed E-state index contributed by atoms with van der Waals surface area (Å²) in [4.78, 5) is 11.7. The van der Waals surface area contributed by atoms with Gasteiger partial charge in [-0.1, -0.05) is 22.5 Å². The second-order valence-corrected chi connectivity index (χ2v) is 7.76. The highest BCUT2D eigenvalue weighted by Gasteiger charge is 2.35. The molecule has 0 radical (unpaired) electrons. The molecular formula is C18H16BrF3N2O2S. The van der Waals surface area contributed by atoms with Gasteiger partial charge in [0.1, 0.15) is 16.3 Å². The summed E-state index contributed by atoms with van der Waals surface area (Å²) in [5, 5.41) is 6.83. The molecule has 0 fully saturated rings. The maximum Gasteiger partial charge on any atom is 0.425 e. The SMILES string of the molecule is C=C1C(=O)N(CCCCBr)N=C1c1ccc(OC)c2sc(C(F)(F)F)cc12. The number of carbonyl (C=O) groups excluding carboxylic acids is 1. The van der Waals surface area contributed by atoms with Crippen molar-refractivity contribution >= 4 is 49.0 Å². The Bertz CT molecular complexity index is 937. The number of hydrogen-bond donors (Lipinski definition) is 0. The Morgan fingerprint density at radius 3 is 2.70 bits per heavy atom. The lowest BCUT2D eigenvalue weighted by Crippen LogP contribution is -2.23. The van der Waals surface area contributed by atoms with E-state index in [2.05, 4.69) is 27.6 Å². The van der Waals surface area contributed by atoms with Crippen LogP contribution in [0.15, 0.2) is 35.5 Å². The van der Waals surface area contributed by atoms with Crippen LogP contribution in [0, 0.1) is 0 Å². The van der Waals surface area contributed by atoms with Crippen LogP contribution in [-0.2, 0) is 11.0 Å². The van der Waals surface area contributed by atoms with E-state index in [1.165, 1.54) is 12.1 Å². The molecule has 1 amide bonds. The van der Waals surface area contributed by atoms with Crippen LogP contribution in [0.2, 0.25) is 0 Å². The number of hydrazone groups is 1. The molecular weight excluding hydrogens is 445 g/mol. The molecule has 27 heavy (non-hydrogen) atoms. The third-order valence-corrected chi connectivity index (χ3v) is 5.91. The number of nitrogens with zero attached hydrogens (tertiary/aromatic N) is 2. The standard InChI is InChI=1S/C18H16BrF3N2O2S/c1-10-15(23-24(17(10)25)8-4-3-7-19)11-5-6-13(26-2)16-12(11)9-14(27-16)18(20,21)22/h5-6,9H,1,3-4,7-8H2,2H3. The van der Waals surface area contributed by atoms with E-state index in [1.807, 2.05) is 0 Å². The summed E-state index contributed by atoms with van der Waals surface area (Å²) in [6, 6.07) is 4.28. The van der Waals surface area contributed by atoms with Crippen LogP contribution < -0.4 is 4.74 Å². The Labute approximate surface area is 166 Å². The number of hydrogen-bond acceptors (Lipinski definition) is 4. The second kappa shape index (κ2) is 7.63. The van der Waals surface area contributed by atoms with Crippen molar-refractivity contribution in [3.05, 3.63) is 40.8 Å². The minimum atomic E-state index is -4.46. The highest BCUT2D eigenvalue weighted by atomic mass is 79.9. The number of carbonyl (C=O) groups is 1. The molecule has 0 atom stereocenters. The van der Waals surface area contributed by atoms with Crippen LogP contribution in [0.25, 0.3) is 10.1 Å². The number of unbranched alkanes of at least 4 members (excludes halogenated alkanes) is 1. The largest absolute Gasteiger partial charge is 0.495 e. The average molecular weight is 461 g/mol. The van der Waals surface area contributed by atoms with Crippen LogP contribution in [0.5, 0.6) is 5.75 Å². The van der Waals surface area contributed by atoms with Gasteiger partial charge in [0.15, 0.2) is 0 Å². The van der Waals surface area contributed by atoms with Crippen molar-refractivity contribution in [3.63, 3.8) is 0 Å².